The molecular weight excluding hydrogens is 178 g/mol. The van der Waals surface area contributed by atoms with Gasteiger partial charge in [0, 0.05) is 5.69 Å². The predicted molar refractivity (Wildman–Crippen MR) is 54.5 cm³/mol. The van der Waals surface area contributed by atoms with E-state index >= 15 is 0 Å². The maximum atomic E-state index is 10.8. The van der Waals surface area contributed by atoms with Crippen molar-refractivity contribution in [3.05, 3.63) is 29.3 Å². The van der Waals surface area contributed by atoms with Crippen LogP contribution in [0.2, 0.25) is 0 Å². The Morgan fingerprint density at radius 3 is 3.07 bits per heavy atom. The summed E-state index contributed by atoms with van der Waals surface area (Å²) in [6.45, 7) is 2.00. The highest BCUT2D eigenvalue weighted by Crippen LogP contribution is 2.27. The molecule has 1 heterocycles. The average molecular weight is 191 g/mol. The van der Waals surface area contributed by atoms with Crippen LogP contribution in [0.4, 0.5) is 5.69 Å². The molecule has 1 aliphatic rings. The van der Waals surface area contributed by atoms with E-state index in [1.165, 1.54) is 5.56 Å². The first-order chi connectivity index (χ1) is 6.68. The Balaban J connectivity index is 2.33. The van der Waals surface area contributed by atoms with Gasteiger partial charge >= 0.3 is 5.97 Å². The molecule has 0 fully saturated rings. The third kappa shape index (κ3) is 1.45. The average Bonchev–Trinajstić information content (AvgIpc) is 2.18. The van der Waals surface area contributed by atoms with Crippen molar-refractivity contribution >= 4 is 11.7 Å². The molecule has 0 unspecified atom stereocenters. The summed E-state index contributed by atoms with van der Waals surface area (Å²) in [6, 6.07) is 5.63. The van der Waals surface area contributed by atoms with Gasteiger partial charge in [-0.2, -0.15) is 0 Å². The standard InChI is InChI=1S/C11H13NO2/c1-7-3-2-4-8-5-6-9(11(13)14)12-10(7)8/h2-4,9,12H,5-6H2,1H3,(H,13,14)/t9-/m1/s1. The molecule has 74 valence electrons. The lowest BCUT2D eigenvalue weighted by atomic mass is 9.96. The zero-order valence-electron chi connectivity index (χ0n) is 8.08. The van der Waals surface area contributed by atoms with Crippen molar-refractivity contribution < 1.29 is 9.90 Å². The molecule has 0 spiro atoms. The van der Waals surface area contributed by atoms with Gasteiger partial charge < -0.3 is 10.4 Å². The Morgan fingerprint density at radius 2 is 2.36 bits per heavy atom. The number of benzene rings is 1. The maximum Gasteiger partial charge on any atom is 0.326 e. The van der Waals surface area contributed by atoms with Crippen LogP contribution in [0, 0.1) is 6.92 Å². The molecule has 3 heteroatoms. The normalized spacial score (nSPS) is 19.6. The Kier molecular flexibility index (Phi) is 2.15. The molecule has 3 nitrogen and oxygen atoms in total. The van der Waals surface area contributed by atoms with Gasteiger partial charge in [0.1, 0.15) is 6.04 Å². The number of carboxylic acid groups (broad SMARTS) is 1. The maximum absolute atomic E-state index is 10.8. The van der Waals surface area contributed by atoms with Gasteiger partial charge in [-0.3, -0.25) is 0 Å². The van der Waals surface area contributed by atoms with Crippen LogP contribution in [0.1, 0.15) is 17.5 Å². The van der Waals surface area contributed by atoms with Crippen LogP contribution < -0.4 is 5.32 Å². The third-order valence-electron chi connectivity index (χ3n) is 2.68. The molecule has 2 N–H and O–H groups in total. The van der Waals surface area contributed by atoms with Crippen molar-refractivity contribution in [3.63, 3.8) is 0 Å². The number of hydrogen-bond donors (Lipinski definition) is 2. The number of rotatable bonds is 1. The monoisotopic (exact) mass is 191 g/mol. The first kappa shape index (κ1) is 9.06. The van der Waals surface area contributed by atoms with E-state index in [0.717, 1.165) is 17.7 Å². The lowest BCUT2D eigenvalue weighted by molar-refractivity contribution is -0.138. The molecule has 1 aromatic rings. The van der Waals surface area contributed by atoms with Gasteiger partial charge in [-0.05, 0) is 30.9 Å². The summed E-state index contributed by atoms with van der Waals surface area (Å²) in [6.07, 6.45) is 1.52. The number of aryl methyl sites for hydroxylation is 2. The highest BCUT2D eigenvalue weighted by molar-refractivity contribution is 5.79. The summed E-state index contributed by atoms with van der Waals surface area (Å²) in [5.74, 6) is -0.765. The van der Waals surface area contributed by atoms with E-state index in [-0.39, 0.29) is 0 Å². The Hall–Kier alpha value is -1.51. The molecule has 0 amide bonds. The number of aliphatic carboxylic acids is 1. The van der Waals surface area contributed by atoms with E-state index in [9.17, 15) is 4.79 Å². The van der Waals surface area contributed by atoms with Gasteiger partial charge in [0.05, 0.1) is 0 Å². The van der Waals surface area contributed by atoms with Crippen molar-refractivity contribution in [2.45, 2.75) is 25.8 Å². The van der Waals surface area contributed by atoms with Gasteiger partial charge in [-0.15, -0.1) is 0 Å². The first-order valence-electron chi connectivity index (χ1n) is 4.76. The summed E-state index contributed by atoms with van der Waals surface area (Å²) in [7, 11) is 0. The summed E-state index contributed by atoms with van der Waals surface area (Å²) in [5.41, 5.74) is 3.35. The summed E-state index contributed by atoms with van der Waals surface area (Å²) in [4.78, 5) is 10.8. The third-order valence-corrected chi connectivity index (χ3v) is 2.68. The fraction of sp³-hybridized carbons (Fsp3) is 0.364. The molecule has 0 bridgehead atoms. The van der Waals surface area contributed by atoms with Crippen LogP contribution in [0.3, 0.4) is 0 Å². The second-order valence-corrected chi connectivity index (χ2v) is 3.68. The fourth-order valence-electron chi connectivity index (χ4n) is 1.87. The van der Waals surface area contributed by atoms with Crippen LogP contribution in [-0.4, -0.2) is 17.1 Å². The molecular formula is C11H13NO2. The highest BCUT2D eigenvalue weighted by Gasteiger charge is 2.23. The topological polar surface area (TPSA) is 49.3 Å². The molecule has 0 saturated carbocycles. The van der Waals surface area contributed by atoms with Crippen molar-refractivity contribution in [1.82, 2.24) is 0 Å². The van der Waals surface area contributed by atoms with E-state index in [4.69, 9.17) is 5.11 Å². The molecule has 1 aliphatic heterocycles. The number of nitrogens with one attached hydrogen (secondary N) is 1. The second-order valence-electron chi connectivity index (χ2n) is 3.68. The molecule has 1 atom stereocenters. The molecule has 1 aromatic carbocycles. The predicted octanol–water partition coefficient (Wildman–Crippen LogP) is 1.81. The number of anilines is 1. The van der Waals surface area contributed by atoms with Gasteiger partial charge in [0.15, 0.2) is 0 Å². The van der Waals surface area contributed by atoms with Gasteiger partial charge in [-0.1, -0.05) is 18.2 Å². The number of para-hydroxylation sites is 1. The van der Waals surface area contributed by atoms with E-state index in [0.29, 0.717) is 6.42 Å². The zero-order chi connectivity index (χ0) is 10.1. The van der Waals surface area contributed by atoms with Crippen molar-refractivity contribution in [2.75, 3.05) is 5.32 Å². The molecule has 0 radical (unpaired) electrons. The fourth-order valence-corrected chi connectivity index (χ4v) is 1.87. The molecule has 0 aliphatic carbocycles. The van der Waals surface area contributed by atoms with Crippen LogP contribution in [0.15, 0.2) is 18.2 Å². The summed E-state index contributed by atoms with van der Waals surface area (Å²) < 4.78 is 0. The van der Waals surface area contributed by atoms with E-state index < -0.39 is 12.0 Å². The van der Waals surface area contributed by atoms with Gasteiger partial charge in [0.2, 0.25) is 0 Å². The van der Waals surface area contributed by atoms with Gasteiger partial charge in [0.25, 0.3) is 0 Å². The van der Waals surface area contributed by atoms with E-state index in [1.807, 2.05) is 25.1 Å². The minimum atomic E-state index is -0.765. The van der Waals surface area contributed by atoms with Crippen LogP contribution in [0.5, 0.6) is 0 Å². The SMILES string of the molecule is Cc1cccc2c1N[C@@H](C(=O)O)CC2. The molecule has 0 saturated heterocycles. The minimum Gasteiger partial charge on any atom is -0.480 e. The number of carboxylic acids is 1. The van der Waals surface area contributed by atoms with Crippen LogP contribution in [-0.2, 0) is 11.2 Å². The lowest BCUT2D eigenvalue weighted by Crippen LogP contribution is -2.33. The largest absolute Gasteiger partial charge is 0.480 e. The Labute approximate surface area is 82.8 Å². The molecule has 14 heavy (non-hydrogen) atoms. The van der Waals surface area contributed by atoms with Crippen LogP contribution in [0.25, 0.3) is 0 Å². The molecule has 0 aromatic heterocycles. The number of carbonyl (C=O) groups is 1. The summed E-state index contributed by atoms with van der Waals surface area (Å²) in [5, 5.41) is 12.0. The van der Waals surface area contributed by atoms with Gasteiger partial charge in [-0.25, -0.2) is 4.79 Å². The van der Waals surface area contributed by atoms with Crippen molar-refractivity contribution in [3.8, 4) is 0 Å². The van der Waals surface area contributed by atoms with Crippen molar-refractivity contribution in [1.29, 1.82) is 0 Å². The van der Waals surface area contributed by atoms with E-state index in [2.05, 4.69) is 5.32 Å². The molecule has 2 rings (SSSR count). The summed E-state index contributed by atoms with van der Waals surface area (Å²) >= 11 is 0. The zero-order valence-corrected chi connectivity index (χ0v) is 8.08. The minimum absolute atomic E-state index is 0.427. The Morgan fingerprint density at radius 1 is 1.57 bits per heavy atom. The second kappa shape index (κ2) is 3.33. The van der Waals surface area contributed by atoms with Crippen molar-refractivity contribution in [2.24, 2.45) is 0 Å². The van der Waals surface area contributed by atoms with Crippen LogP contribution >= 0.6 is 0 Å². The van der Waals surface area contributed by atoms with E-state index in [1.54, 1.807) is 0 Å². The quantitative estimate of drug-likeness (QED) is 0.711. The smallest absolute Gasteiger partial charge is 0.326 e. The Bertz CT molecular complexity index is 374. The lowest BCUT2D eigenvalue weighted by Gasteiger charge is -2.25. The number of hydrogen-bond acceptors (Lipinski definition) is 2. The number of fused-ring (bicyclic) bond motifs is 1. The highest BCUT2D eigenvalue weighted by atomic mass is 16.4. The first-order valence-corrected chi connectivity index (χ1v) is 4.76.